The van der Waals surface area contributed by atoms with Gasteiger partial charge in [0.05, 0.1) is 12.1 Å². The highest BCUT2D eigenvalue weighted by atomic mass is 16.3. The van der Waals surface area contributed by atoms with Gasteiger partial charge in [-0.15, -0.1) is 6.58 Å². The summed E-state index contributed by atoms with van der Waals surface area (Å²) >= 11 is 0. The van der Waals surface area contributed by atoms with E-state index in [2.05, 4.69) is 6.58 Å². The highest BCUT2D eigenvalue weighted by Crippen LogP contribution is 2.42. The maximum atomic E-state index is 12.8. The number of para-hydroxylation sites is 1. The number of benzene rings is 2. The van der Waals surface area contributed by atoms with Gasteiger partial charge in [0.1, 0.15) is 0 Å². The fraction of sp³-hybridized carbons (Fsp3) is 0.130. The standard InChI is InChI=1S/C23H21NO3/c1-2-16-24-21-15-9-8-14-20(21)23(27,22(24)26)17-19(25)13-7-6-12-18-10-4-3-5-11-18/h2-15,27H,1,16-17H2/b12-6+,13-7+. The van der Waals surface area contributed by atoms with Crippen molar-refractivity contribution in [2.24, 2.45) is 0 Å². The molecule has 1 unspecified atom stereocenters. The first kappa shape index (κ1) is 18.5. The maximum Gasteiger partial charge on any atom is 0.264 e. The lowest BCUT2D eigenvalue weighted by Crippen LogP contribution is -2.41. The van der Waals surface area contributed by atoms with Crippen molar-refractivity contribution >= 4 is 23.5 Å². The predicted octanol–water partition coefficient (Wildman–Crippen LogP) is 3.64. The molecular formula is C23H21NO3. The second-order valence-electron chi connectivity index (χ2n) is 6.35. The monoisotopic (exact) mass is 359 g/mol. The molecule has 1 N–H and O–H groups in total. The van der Waals surface area contributed by atoms with E-state index in [1.165, 1.54) is 11.0 Å². The first-order valence-electron chi connectivity index (χ1n) is 8.73. The normalized spacial score (nSPS) is 19.0. The molecule has 0 saturated carbocycles. The van der Waals surface area contributed by atoms with Gasteiger partial charge in [-0.25, -0.2) is 0 Å². The molecule has 0 fully saturated rings. The van der Waals surface area contributed by atoms with E-state index in [-0.39, 0.29) is 18.7 Å². The number of nitrogens with zero attached hydrogens (tertiary/aromatic N) is 1. The van der Waals surface area contributed by atoms with Crippen molar-refractivity contribution in [3.05, 3.63) is 96.6 Å². The predicted molar refractivity (Wildman–Crippen MR) is 107 cm³/mol. The Morgan fingerprint density at radius 1 is 1.07 bits per heavy atom. The molecule has 0 radical (unpaired) electrons. The number of rotatable bonds is 7. The zero-order valence-electron chi connectivity index (χ0n) is 14.9. The number of carbonyl (C=O) groups is 2. The molecule has 1 atom stereocenters. The number of hydrogen-bond donors (Lipinski definition) is 1. The van der Waals surface area contributed by atoms with Crippen LogP contribution in [-0.2, 0) is 15.2 Å². The third-order valence-electron chi connectivity index (χ3n) is 4.46. The Balaban J connectivity index is 1.75. The van der Waals surface area contributed by atoms with Crippen LogP contribution in [0.2, 0.25) is 0 Å². The summed E-state index contributed by atoms with van der Waals surface area (Å²) in [7, 11) is 0. The van der Waals surface area contributed by atoms with Crippen LogP contribution >= 0.6 is 0 Å². The van der Waals surface area contributed by atoms with Gasteiger partial charge in [0.25, 0.3) is 5.91 Å². The van der Waals surface area contributed by atoms with Crippen molar-refractivity contribution in [3.8, 4) is 0 Å². The summed E-state index contributed by atoms with van der Waals surface area (Å²) in [4.78, 5) is 26.6. The van der Waals surface area contributed by atoms with E-state index < -0.39 is 11.5 Å². The molecule has 4 nitrogen and oxygen atoms in total. The number of aliphatic hydroxyl groups is 1. The van der Waals surface area contributed by atoms with Crippen molar-refractivity contribution < 1.29 is 14.7 Å². The number of anilines is 1. The summed E-state index contributed by atoms with van der Waals surface area (Å²) in [5.74, 6) is -0.816. The number of fused-ring (bicyclic) bond motifs is 1. The fourth-order valence-corrected chi connectivity index (χ4v) is 3.19. The van der Waals surface area contributed by atoms with Crippen molar-refractivity contribution in [1.29, 1.82) is 0 Å². The Hall–Kier alpha value is -3.24. The Kier molecular flexibility index (Phi) is 5.48. The summed E-state index contributed by atoms with van der Waals surface area (Å²) in [6.07, 6.45) is 7.92. The second kappa shape index (κ2) is 7.98. The molecular weight excluding hydrogens is 338 g/mol. The fourth-order valence-electron chi connectivity index (χ4n) is 3.19. The lowest BCUT2D eigenvalue weighted by molar-refractivity contribution is -0.140. The molecule has 0 aromatic heterocycles. The van der Waals surface area contributed by atoms with E-state index in [0.717, 1.165) is 5.56 Å². The Morgan fingerprint density at radius 2 is 1.78 bits per heavy atom. The minimum atomic E-state index is -1.84. The van der Waals surface area contributed by atoms with Crippen LogP contribution in [0.5, 0.6) is 0 Å². The average Bonchev–Trinajstić information content (AvgIpc) is 2.89. The van der Waals surface area contributed by atoms with E-state index in [1.807, 2.05) is 36.4 Å². The van der Waals surface area contributed by atoms with Crippen LogP contribution in [0.4, 0.5) is 5.69 Å². The molecule has 3 rings (SSSR count). The summed E-state index contributed by atoms with van der Waals surface area (Å²) in [6, 6.07) is 16.7. The molecule has 0 bridgehead atoms. The van der Waals surface area contributed by atoms with Crippen LogP contribution in [0.3, 0.4) is 0 Å². The van der Waals surface area contributed by atoms with Crippen LogP contribution in [0, 0.1) is 0 Å². The molecule has 2 aromatic rings. The SMILES string of the molecule is C=CCN1C(=O)C(O)(CC(=O)/C=C/C=C/c2ccccc2)c2ccccc21. The molecule has 1 aliphatic heterocycles. The molecule has 2 aromatic carbocycles. The average molecular weight is 359 g/mol. The van der Waals surface area contributed by atoms with Gasteiger partial charge >= 0.3 is 0 Å². The molecule has 27 heavy (non-hydrogen) atoms. The smallest absolute Gasteiger partial charge is 0.264 e. The minimum absolute atomic E-state index is 0.280. The van der Waals surface area contributed by atoms with Gasteiger partial charge in [0.15, 0.2) is 11.4 Å². The second-order valence-corrected chi connectivity index (χ2v) is 6.35. The third kappa shape index (κ3) is 3.81. The van der Waals surface area contributed by atoms with Crippen molar-refractivity contribution in [2.75, 3.05) is 11.4 Å². The molecule has 1 heterocycles. The number of allylic oxidation sites excluding steroid dienone is 3. The number of hydrogen-bond acceptors (Lipinski definition) is 3. The highest BCUT2D eigenvalue weighted by molar-refractivity contribution is 6.10. The molecule has 136 valence electrons. The largest absolute Gasteiger partial charge is 0.375 e. The van der Waals surface area contributed by atoms with Crippen LogP contribution < -0.4 is 4.90 Å². The highest BCUT2D eigenvalue weighted by Gasteiger charge is 2.50. The molecule has 0 saturated heterocycles. The Bertz CT molecular complexity index is 914. The van der Waals surface area contributed by atoms with Crippen molar-refractivity contribution in [2.45, 2.75) is 12.0 Å². The lowest BCUT2D eigenvalue weighted by Gasteiger charge is -2.21. The van der Waals surface area contributed by atoms with Gasteiger partial charge in [0.2, 0.25) is 0 Å². The van der Waals surface area contributed by atoms with Gasteiger partial charge in [-0.1, -0.05) is 72.8 Å². The van der Waals surface area contributed by atoms with Crippen LogP contribution in [0.1, 0.15) is 17.5 Å². The number of carbonyl (C=O) groups excluding carboxylic acids is 2. The number of amides is 1. The van der Waals surface area contributed by atoms with Gasteiger partial charge < -0.3 is 10.0 Å². The lowest BCUT2D eigenvalue weighted by atomic mass is 9.90. The first-order valence-corrected chi connectivity index (χ1v) is 8.73. The molecule has 1 amide bonds. The first-order chi connectivity index (χ1) is 13.1. The summed E-state index contributed by atoms with van der Waals surface area (Å²) < 4.78 is 0. The van der Waals surface area contributed by atoms with Gasteiger partial charge in [0, 0.05) is 12.1 Å². The number of ketones is 1. The van der Waals surface area contributed by atoms with E-state index in [4.69, 9.17) is 0 Å². The van der Waals surface area contributed by atoms with Gasteiger partial charge in [-0.3, -0.25) is 9.59 Å². The Labute approximate surface area is 158 Å². The van der Waals surface area contributed by atoms with Crippen molar-refractivity contribution in [3.63, 3.8) is 0 Å². The zero-order valence-corrected chi connectivity index (χ0v) is 14.9. The minimum Gasteiger partial charge on any atom is -0.375 e. The maximum absolute atomic E-state index is 12.8. The molecule has 4 heteroatoms. The van der Waals surface area contributed by atoms with Crippen LogP contribution in [-0.4, -0.2) is 23.3 Å². The van der Waals surface area contributed by atoms with Gasteiger partial charge in [-0.05, 0) is 17.7 Å². The van der Waals surface area contributed by atoms with Crippen molar-refractivity contribution in [1.82, 2.24) is 0 Å². The molecule has 0 aliphatic carbocycles. The zero-order chi connectivity index (χ0) is 19.3. The van der Waals surface area contributed by atoms with E-state index in [1.54, 1.807) is 42.5 Å². The van der Waals surface area contributed by atoms with Gasteiger partial charge in [-0.2, -0.15) is 0 Å². The summed E-state index contributed by atoms with van der Waals surface area (Å²) in [5.41, 5.74) is 0.252. The topological polar surface area (TPSA) is 57.6 Å². The third-order valence-corrected chi connectivity index (χ3v) is 4.46. The Morgan fingerprint density at radius 3 is 2.52 bits per heavy atom. The quantitative estimate of drug-likeness (QED) is 0.466. The molecule has 1 aliphatic rings. The summed E-state index contributed by atoms with van der Waals surface area (Å²) in [6.45, 7) is 3.93. The van der Waals surface area contributed by atoms with E-state index in [0.29, 0.717) is 11.3 Å². The van der Waals surface area contributed by atoms with Crippen LogP contribution in [0.25, 0.3) is 6.08 Å². The molecule has 0 spiro atoms. The summed E-state index contributed by atoms with van der Waals surface area (Å²) in [5, 5.41) is 11.0. The van der Waals surface area contributed by atoms with E-state index >= 15 is 0 Å². The van der Waals surface area contributed by atoms with Crippen LogP contribution in [0.15, 0.2) is 85.5 Å². The van der Waals surface area contributed by atoms with E-state index in [9.17, 15) is 14.7 Å².